The first-order chi connectivity index (χ1) is 17.0. The fourth-order valence-electron chi connectivity index (χ4n) is 4.48. The van der Waals surface area contributed by atoms with Gasteiger partial charge in [0.25, 0.3) is 0 Å². The lowest BCUT2D eigenvalue weighted by Gasteiger charge is -2.35. The fourth-order valence-corrected chi connectivity index (χ4v) is 4.48. The maximum absolute atomic E-state index is 13.6. The molecule has 1 N–H and O–H groups in total. The summed E-state index contributed by atoms with van der Waals surface area (Å²) in [6.45, 7) is 29.2. The number of hydrogen-bond acceptors (Lipinski definition) is 4. The summed E-state index contributed by atoms with van der Waals surface area (Å²) in [4.78, 5) is 13.6. The number of aliphatic hydroxyl groups is 1. The molecule has 0 amide bonds. The number of aliphatic hydroxyl groups excluding tert-OH is 1. The van der Waals surface area contributed by atoms with Crippen LogP contribution in [0.4, 0.5) is 0 Å². The molecule has 38 heavy (non-hydrogen) atoms. The lowest BCUT2D eigenvalue weighted by Crippen LogP contribution is -2.34. The third-order valence-electron chi connectivity index (χ3n) is 7.28. The molecule has 0 fully saturated rings. The molecule has 1 atom stereocenters. The highest BCUT2D eigenvalue weighted by molar-refractivity contribution is 6.11. The summed E-state index contributed by atoms with van der Waals surface area (Å²) < 4.78 is 12.6. The van der Waals surface area contributed by atoms with E-state index >= 15 is 0 Å². The Bertz CT molecular complexity index is 1190. The number of ketones is 1. The molecule has 1 aliphatic carbocycles. The molecule has 208 valence electrons. The first kappa shape index (κ1) is 29.8. The normalized spacial score (nSPS) is 21.1. The Morgan fingerprint density at radius 1 is 0.632 bits per heavy atom. The van der Waals surface area contributed by atoms with E-state index in [2.05, 4.69) is 83.1 Å². The van der Waals surface area contributed by atoms with Crippen LogP contribution < -0.4 is 0 Å². The second-order valence-corrected chi connectivity index (χ2v) is 15.0. The molecule has 0 aromatic heterocycles. The summed E-state index contributed by atoms with van der Waals surface area (Å²) in [6, 6.07) is 0. The van der Waals surface area contributed by atoms with Crippen molar-refractivity contribution in [2.24, 2.45) is 27.6 Å². The van der Waals surface area contributed by atoms with Crippen LogP contribution in [0.25, 0.3) is 0 Å². The van der Waals surface area contributed by atoms with E-state index in [1.807, 2.05) is 38.2 Å². The molecule has 3 rings (SSSR count). The fraction of sp³-hybridized carbons (Fsp3) is 0.559. The highest BCUT2D eigenvalue weighted by Crippen LogP contribution is 2.46. The van der Waals surface area contributed by atoms with Crippen molar-refractivity contribution in [1.29, 1.82) is 0 Å². The van der Waals surface area contributed by atoms with E-state index in [1.54, 1.807) is 0 Å². The minimum atomic E-state index is -0.652. The van der Waals surface area contributed by atoms with E-state index in [9.17, 15) is 9.90 Å². The first-order valence-corrected chi connectivity index (χ1v) is 13.7. The van der Waals surface area contributed by atoms with Gasteiger partial charge in [-0.1, -0.05) is 83.1 Å². The Labute approximate surface area is 230 Å². The van der Waals surface area contributed by atoms with E-state index in [1.165, 1.54) is 0 Å². The van der Waals surface area contributed by atoms with E-state index in [0.29, 0.717) is 5.57 Å². The molecular weight excluding hydrogens is 472 g/mol. The lowest BCUT2D eigenvalue weighted by molar-refractivity contribution is -0.120. The van der Waals surface area contributed by atoms with Crippen LogP contribution in [-0.2, 0) is 14.3 Å². The van der Waals surface area contributed by atoms with Crippen LogP contribution in [0.5, 0.6) is 0 Å². The third-order valence-corrected chi connectivity index (χ3v) is 7.28. The number of carbonyl (C=O) groups is 1. The highest BCUT2D eigenvalue weighted by atomic mass is 16.5. The second kappa shape index (κ2) is 9.47. The van der Waals surface area contributed by atoms with Crippen molar-refractivity contribution < 1.29 is 19.4 Å². The molecule has 2 heterocycles. The molecule has 0 aromatic carbocycles. The monoisotopic (exact) mass is 520 g/mol. The number of allylic oxidation sites excluding steroid dienone is 13. The zero-order chi connectivity index (χ0) is 29.2. The predicted molar refractivity (Wildman–Crippen MR) is 156 cm³/mol. The second-order valence-electron chi connectivity index (χ2n) is 15.0. The molecule has 0 spiro atoms. The van der Waals surface area contributed by atoms with Gasteiger partial charge in [0, 0.05) is 21.7 Å². The van der Waals surface area contributed by atoms with Gasteiger partial charge in [-0.3, -0.25) is 4.79 Å². The molecule has 4 nitrogen and oxygen atoms in total. The molecule has 0 radical (unpaired) electrons. The van der Waals surface area contributed by atoms with E-state index < -0.39 is 5.92 Å². The molecule has 1 unspecified atom stereocenters. The Kier molecular flexibility index (Phi) is 7.42. The van der Waals surface area contributed by atoms with Crippen LogP contribution in [0.2, 0.25) is 0 Å². The van der Waals surface area contributed by atoms with Crippen LogP contribution >= 0.6 is 0 Å². The summed E-state index contributed by atoms with van der Waals surface area (Å²) in [5.74, 6) is 2.84. The predicted octanol–water partition coefficient (Wildman–Crippen LogP) is 9.41. The van der Waals surface area contributed by atoms with E-state index in [0.717, 1.165) is 45.3 Å². The SMILES string of the molecule is CC(=C1C=C(C(C)(C)C)OC(C(C)(C)C)=C1)C1=C(O)C(C(C)=C2C=C(C(C)(C)C)OC(C(C)(C)C)=C2)C1=O. The zero-order valence-electron chi connectivity index (χ0n) is 26.1. The van der Waals surface area contributed by atoms with Crippen molar-refractivity contribution >= 4 is 5.78 Å². The average molecular weight is 521 g/mol. The van der Waals surface area contributed by atoms with Crippen LogP contribution in [0.15, 0.2) is 81.0 Å². The van der Waals surface area contributed by atoms with Crippen LogP contribution in [0.1, 0.15) is 96.9 Å². The molecule has 0 saturated heterocycles. The van der Waals surface area contributed by atoms with Gasteiger partial charge in [-0.05, 0) is 60.4 Å². The standard InChI is InChI=1S/C34H48O4/c1-19(21-15-23(31(3,4)5)37-24(16-21)32(6,7)8)27-29(35)28(30(27)36)20(2)22-17-25(33(9,10)11)38-26(18-22)34(12,13)14/h15-18,27,35H,1-14H3. The summed E-state index contributed by atoms with van der Waals surface area (Å²) in [6.07, 6.45) is 8.05. The van der Waals surface area contributed by atoms with Gasteiger partial charge >= 0.3 is 0 Å². The summed E-state index contributed by atoms with van der Waals surface area (Å²) >= 11 is 0. The van der Waals surface area contributed by atoms with Gasteiger partial charge in [0.1, 0.15) is 34.7 Å². The Hall–Kier alpha value is -2.75. The molecule has 0 bridgehead atoms. The maximum Gasteiger partial charge on any atom is 0.181 e. The lowest BCUT2D eigenvalue weighted by atomic mass is 9.72. The highest BCUT2D eigenvalue weighted by Gasteiger charge is 2.43. The third kappa shape index (κ3) is 5.80. The van der Waals surface area contributed by atoms with Crippen LogP contribution in [0.3, 0.4) is 0 Å². The topological polar surface area (TPSA) is 55.8 Å². The summed E-state index contributed by atoms with van der Waals surface area (Å²) in [5.41, 5.74) is 3.07. The van der Waals surface area contributed by atoms with Crippen molar-refractivity contribution in [3.8, 4) is 0 Å². The quantitative estimate of drug-likeness (QED) is 0.394. The molecule has 0 aromatic rings. The van der Waals surface area contributed by atoms with Gasteiger partial charge < -0.3 is 14.6 Å². The average Bonchev–Trinajstić information content (AvgIpc) is 2.76. The van der Waals surface area contributed by atoms with Crippen molar-refractivity contribution in [1.82, 2.24) is 0 Å². The largest absolute Gasteiger partial charge is 0.510 e. The zero-order valence-corrected chi connectivity index (χ0v) is 26.1. The van der Waals surface area contributed by atoms with E-state index in [-0.39, 0.29) is 33.2 Å². The minimum Gasteiger partial charge on any atom is -0.510 e. The molecular formula is C34H48O4. The molecule has 0 saturated carbocycles. The van der Waals surface area contributed by atoms with Crippen molar-refractivity contribution in [2.75, 3.05) is 0 Å². The van der Waals surface area contributed by atoms with Gasteiger partial charge in [0.05, 0.1) is 5.57 Å². The van der Waals surface area contributed by atoms with Gasteiger partial charge in [-0.15, -0.1) is 0 Å². The van der Waals surface area contributed by atoms with Crippen molar-refractivity contribution in [3.05, 3.63) is 81.0 Å². The van der Waals surface area contributed by atoms with Crippen molar-refractivity contribution in [2.45, 2.75) is 96.9 Å². The number of ether oxygens (including phenoxy) is 2. The smallest absolute Gasteiger partial charge is 0.181 e. The first-order valence-electron chi connectivity index (χ1n) is 13.7. The van der Waals surface area contributed by atoms with Crippen LogP contribution in [0, 0.1) is 27.6 Å². The summed E-state index contributed by atoms with van der Waals surface area (Å²) in [7, 11) is 0. The Morgan fingerprint density at radius 2 is 0.947 bits per heavy atom. The molecule has 2 aliphatic heterocycles. The van der Waals surface area contributed by atoms with Gasteiger partial charge in [-0.25, -0.2) is 0 Å². The Balaban J connectivity index is 2.14. The van der Waals surface area contributed by atoms with Crippen molar-refractivity contribution in [3.63, 3.8) is 0 Å². The minimum absolute atomic E-state index is 0.0525. The number of hydrogen-bond donors (Lipinski definition) is 1. The molecule has 4 heteroatoms. The number of rotatable bonds is 2. The van der Waals surface area contributed by atoms with Gasteiger partial charge in [-0.2, -0.15) is 0 Å². The maximum atomic E-state index is 13.6. The number of Topliss-reactive ketones (excluding diaryl/α,β-unsaturated/α-hetero) is 1. The summed E-state index contributed by atoms with van der Waals surface area (Å²) in [5, 5.41) is 11.3. The van der Waals surface area contributed by atoms with Gasteiger partial charge in [0.2, 0.25) is 0 Å². The van der Waals surface area contributed by atoms with E-state index in [4.69, 9.17) is 9.47 Å². The van der Waals surface area contributed by atoms with Gasteiger partial charge in [0.15, 0.2) is 5.78 Å². The Morgan fingerprint density at radius 3 is 1.24 bits per heavy atom. The molecule has 3 aliphatic rings. The van der Waals surface area contributed by atoms with Crippen LogP contribution in [-0.4, -0.2) is 10.9 Å². The number of carbonyl (C=O) groups excluding carboxylic acids is 1.